The SMILES string of the molecule is COCC(C)CC(=O)NCC1(O)CCOC1C. The van der Waals surface area contributed by atoms with E-state index in [1.807, 2.05) is 13.8 Å². The Morgan fingerprint density at radius 2 is 2.41 bits per heavy atom. The molecule has 1 amide bonds. The first-order valence-corrected chi connectivity index (χ1v) is 6.07. The average molecular weight is 245 g/mol. The zero-order valence-corrected chi connectivity index (χ0v) is 10.9. The van der Waals surface area contributed by atoms with E-state index in [0.717, 1.165) is 0 Å². The highest BCUT2D eigenvalue weighted by Crippen LogP contribution is 2.24. The molecule has 17 heavy (non-hydrogen) atoms. The van der Waals surface area contributed by atoms with Gasteiger partial charge in [-0.3, -0.25) is 4.79 Å². The van der Waals surface area contributed by atoms with Crippen LogP contribution in [0.15, 0.2) is 0 Å². The number of hydrogen-bond acceptors (Lipinski definition) is 4. The van der Waals surface area contributed by atoms with Gasteiger partial charge in [0.15, 0.2) is 0 Å². The maximum absolute atomic E-state index is 11.6. The van der Waals surface area contributed by atoms with Gasteiger partial charge in [-0.1, -0.05) is 6.92 Å². The molecule has 2 N–H and O–H groups in total. The largest absolute Gasteiger partial charge is 0.385 e. The van der Waals surface area contributed by atoms with Crippen molar-refractivity contribution in [2.24, 2.45) is 5.92 Å². The molecule has 1 aliphatic rings. The summed E-state index contributed by atoms with van der Waals surface area (Å²) in [5.74, 6) is 0.133. The third-order valence-corrected chi connectivity index (χ3v) is 3.24. The second kappa shape index (κ2) is 6.33. The molecule has 0 spiro atoms. The molecule has 0 aromatic carbocycles. The lowest BCUT2D eigenvalue weighted by atomic mass is 9.96. The molecule has 0 bridgehead atoms. The molecule has 1 fully saturated rings. The van der Waals surface area contributed by atoms with Crippen molar-refractivity contribution in [1.29, 1.82) is 0 Å². The molecule has 0 aliphatic carbocycles. The van der Waals surface area contributed by atoms with Crippen molar-refractivity contribution >= 4 is 5.91 Å². The van der Waals surface area contributed by atoms with Crippen LogP contribution in [0.1, 0.15) is 26.7 Å². The minimum Gasteiger partial charge on any atom is -0.385 e. The van der Waals surface area contributed by atoms with Gasteiger partial charge in [-0.15, -0.1) is 0 Å². The van der Waals surface area contributed by atoms with Crippen LogP contribution in [0, 0.1) is 5.92 Å². The van der Waals surface area contributed by atoms with Crippen molar-refractivity contribution in [2.45, 2.75) is 38.4 Å². The molecule has 1 heterocycles. The van der Waals surface area contributed by atoms with Crippen LogP contribution in [0.5, 0.6) is 0 Å². The summed E-state index contributed by atoms with van der Waals surface area (Å²) < 4.78 is 10.3. The number of amides is 1. The lowest BCUT2D eigenvalue weighted by Crippen LogP contribution is -2.47. The van der Waals surface area contributed by atoms with Gasteiger partial charge in [-0.05, 0) is 12.8 Å². The quantitative estimate of drug-likeness (QED) is 0.707. The Kier molecular flexibility index (Phi) is 5.36. The number of methoxy groups -OCH3 is 1. The lowest BCUT2D eigenvalue weighted by molar-refractivity contribution is -0.124. The van der Waals surface area contributed by atoms with E-state index in [1.54, 1.807) is 7.11 Å². The monoisotopic (exact) mass is 245 g/mol. The first kappa shape index (κ1) is 14.4. The van der Waals surface area contributed by atoms with Crippen LogP contribution in [0.25, 0.3) is 0 Å². The fourth-order valence-corrected chi connectivity index (χ4v) is 1.99. The summed E-state index contributed by atoms with van der Waals surface area (Å²) in [5, 5.41) is 12.9. The summed E-state index contributed by atoms with van der Waals surface area (Å²) in [4.78, 5) is 11.6. The lowest BCUT2D eigenvalue weighted by Gasteiger charge is -2.26. The maximum atomic E-state index is 11.6. The Labute approximate surface area is 102 Å². The summed E-state index contributed by atoms with van der Waals surface area (Å²) in [6.45, 7) is 5.16. The van der Waals surface area contributed by atoms with Crippen molar-refractivity contribution in [3.8, 4) is 0 Å². The van der Waals surface area contributed by atoms with Crippen LogP contribution >= 0.6 is 0 Å². The Morgan fingerprint density at radius 1 is 1.71 bits per heavy atom. The third-order valence-electron chi connectivity index (χ3n) is 3.24. The van der Waals surface area contributed by atoms with E-state index in [0.29, 0.717) is 26.1 Å². The molecular weight excluding hydrogens is 222 g/mol. The fourth-order valence-electron chi connectivity index (χ4n) is 1.99. The van der Waals surface area contributed by atoms with Gasteiger partial charge < -0.3 is 19.9 Å². The van der Waals surface area contributed by atoms with Crippen molar-refractivity contribution in [3.63, 3.8) is 0 Å². The molecule has 5 heteroatoms. The topological polar surface area (TPSA) is 67.8 Å². The molecule has 3 unspecified atom stereocenters. The highest BCUT2D eigenvalue weighted by molar-refractivity contribution is 5.76. The highest BCUT2D eigenvalue weighted by atomic mass is 16.5. The van der Waals surface area contributed by atoms with Gasteiger partial charge in [0.2, 0.25) is 5.91 Å². The normalized spacial score (nSPS) is 30.2. The van der Waals surface area contributed by atoms with E-state index in [-0.39, 0.29) is 24.5 Å². The van der Waals surface area contributed by atoms with E-state index in [1.165, 1.54) is 0 Å². The molecule has 1 aliphatic heterocycles. The maximum Gasteiger partial charge on any atom is 0.220 e. The Morgan fingerprint density at radius 3 is 2.94 bits per heavy atom. The number of aliphatic hydroxyl groups is 1. The van der Waals surface area contributed by atoms with Gasteiger partial charge in [-0.25, -0.2) is 0 Å². The molecule has 0 radical (unpaired) electrons. The Balaban J connectivity index is 2.28. The number of nitrogens with one attached hydrogen (secondary N) is 1. The highest BCUT2D eigenvalue weighted by Gasteiger charge is 2.39. The first-order valence-electron chi connectivity index (χ1n) is 6.07. The molecule has 3 atom stereocenters. The van der Waals surface area contributed by atoms with Crippen molar-refractivity contribution in [2.75, 3.05) is 26.9 Å². The summed E-state index contributed by atoms with van der Waals surface area (Å²) in [5.41, 5.74) is -0.917. The smallest absolute Gasteiger partial charge is 0.220 e. The van der Waals surface area contributed by atoms with Crippen molar-refractivity contribution < 1.29 is 19.4 Å². The summed E-state index contributed by atoms with van der Waals surface area (Å²) in [7, 11) is 1.62. The van der Waals surface area contributed by atoms with Crippen molar-refractivity contribution in [1.82, 2.24) is 5.32 Å². The van der Waals surface area contributed by atoms with Gasteiger partial charge >= 0.3 is 0 Å². The van der Waals surface area contributed by atoms with Crippen molar-refractivity contribution in [3.05, 3.63) is 0 Å². The number of hydrogen-bond donors (Lipinski definition) is 2. The standard InChI is InChI=1S/C12H23NO4/c1-9(7-16-3)6-11(14)13-8-12(15)4-5-17-10(12)2/h9-10,15H,4-8H2,1-3H3,(H,13,14). The predicted molar refractivity (Wildman–Crippen MR) is 63.6 cm³/mol. The number of ether oxygens (including phenoxy) is 2. The van der Waals surface area contributed by atoms with Crippen LogP contribution in [0.2, 0.25) is 0 Å². The van der Waals surface area contributed by atoms with Crippen LogP contribution in [-0.2, 0) is 14.3 Å². The van der Waals surface area contributed by atoms with Crippen LogP contribution in [-0.4, -0.2) is 49.6 Å². The van der Waals surface area contributed by atoms with E-state index < -0.39 is 5.60 Å². The molecular formula is C12H23NO4. The first-order chi connectivity index (χ1) is 7.98. The molecule has 1 rings (SSSR count). The molecule has 5 nitrogen and oxygen atoms in total. The summed E-state index contributed by atoms with van der Waals surface area (Å²) in [6.07, 6.45) is 0.764. The zero-order valence-electron chi connectivity index (χ0n) is 10.9. The predicted octanol–water partition coefficient (Wildman–Crippen LogP) is 0.315. The second-order valence-corrected chi connectivity index (χ2v) is 4.91. The second-order valence-electron chi connectivity index (χ2n) is 4.91. The Bertz CT molecular complexity index is 259. The zero-order chi connectivity index (χ0) is 12.9. The fraction of sp³-hybridized carbons (Fsp3) is 0.917. The van der Waals surface area contributed by atoms with Gasteiger partial charge in [0.05, 0.1) is 6.10 Å². The summed E-state index contributed by atoms with van der Waals surface area (Å²) >= 11 is 0. The number of rotatable bonds is 6. The molecule has 100 valence electrons. The van der Waals surface area contributed by atoms with Gasteiger partial charge in [0.1, 0.15) is 5.60 Å². The number of carbonyl (C=O) groups is 1. The van der Waals surface area contributed by atoms with Gasteiger partial charge in [-0.2, -0.15) is 0 Å². The van der Waals surface area contributed by atoms with E-state index in [2.05, 4.69) is 5.32 Å². The molecule has 0 aromatic rings. The number of carbonyl (C=O) groups excluding carboxylic acids is 1. The molecule has 1 saturated heterocycles. The Hall–Kier alpha value is -0.650. The van der Waals surface area contributed by atoms with E-state index in [9.17, 15) is 9.90 Å². The minimum absolute atomic E-state index is 0.0536. The van der Waals surface area contributed by atoms with Crippen LogP contribution in [0.3, 0.4) is 0 Å². The van der Waals surface area contributed by atoms with Gasteiger partial charge in [0, 0.05) is 39.7 Å². The van der Waals surface area contributed by atoms with E-state index in [4.69, 9.17) is 9.47 Å². The molecule has 0 saturated carbocycles. The third kappa shape index (κ3) is 4.26. The van der Waals surface area contributed by atoms with Crippen LogP contribution < -0.4 is 5.32 Å². The van der Waals surface area contributed by atoms with Gasteiger partial charge in [0.25, 0.3) is 0 Å². The average Bonchev–Trinajstić information content (AvgIpc) is 2.57. The minimum atomic E-state index is -0.917. The van der Waals surface area contributed by atoms with E-state index >= 15 is 0 Å². The molecule has 0 aromatic heterocycles. The van der Waals surface area contributed by atoms with Crippen LogP contribution in [0.4, 0.5) is 0 Å². The summed E-state index contributed by atoms with van der Waals surface area (Å²) in [6, 6.07) is 0.